The summed E-state index contributed by atoms with van der Waals surface area (Å²) in [6.07, 6.45) is -3.59. The number of rotatable bonds is 5. The van der Waals surface area contributed by atoms with Gasteiger partial charge in [0.1, 0.15) is 5.69 Å². The number of carboxylic acids is 1. The first-order valence-electron chi connectivity index (χ1n) is 7.34. The number of aromatic amines is 1. The normalized spacial score (nSPS) is 21.8. The number of methoxy groups -OCH3 is 1. The molecule has 1 atom stereocenters. The minimum Gasteiger partial charge on any atom is -0.481 e. The minimum absolute atomic E-state index is 0.0846. The van der Waals surface area contributed by atoms with Crippen LogP contribution in [0, 0.1) is 5.41 Å². The van der Waals surface area contributed by atoms with E-state index in [9.17, 15) is 27.9 Å². The van der Waals surface area contributed by atoms with Crippen molar-refractivity contribution < 1.29 is 32.6 Å². The van der Waals surface area contributed by atoms with E-state index in [0.717, 1.165) is 0 Å². The lowest BCUT2D eigenvalue weighted by molar-refractivity contribution is -0.153. The highest BCUT2D eigenvalue weighted by atomic mass is 19.4. The molecular formula is C14H18F3N3O4. The molecular weight excluding hydrogens is 331 g/mol. The van der Waals surface area contributed by atoms with Crippen LogP contribution in [-0.4, -0.2) is 58.9 Å². The van der Waals surface area contributed by atoms with Gasteiger partial charge in [0.2, 0.25) is 0 Å². The smallest absolute Gasteiger partial charge is 0.432 e. The van der Waals surface area contributed by atoms with Crippen molar-refractivity contribution in [3.63, 3.8) is 0 Å². The van der Waals surface area contributed by atoms with E-state index in [1.807, 2.05) is 0 Å². The Kier molecular flexibility index (Phi) is 5.16. The number of aromatic nitrogens is 2. The molecule has 7 nitrogen and oxygen atoms in total. The van der Waals surface area contributed by atoms with Crippen molar-refractivity contribution >= 4 is 11.9 Å². The summed E-state index contributed by atoms with van der Waals surface area (Å²) in [7, 11) is 1.45. The Bertz CT molecular complexity index is 617. The maximum absolute atomic E-state index is 12.6. The van der Waals surface area contributed by atoms with Gasteiger partial charge in [0.05, 0.1) is 5.41 Å². The summed E-state index contributed by atoms with van der Waals surface area (Å²) in [5, 5.41) is 14.7. The summed E-state index contributed by atoms with van der Waals surface area (Å²) in [6.45, 7) is 0.406. The number of aliphatic carboxylic acids is 1. The largest absolute Gasteiger partial charge is 0.481 e. The number of carboxylic acid groups (broad SMARTS) is 1. The molecule has 1 unspecified atom stereocenters. The minimum atomic E-state index is -4.63. The second-order valence-electron chi connectivity index (χ2n) is 5.82. The van der Waals surface area contributed by atoms with E-state index in [0.29, 0.717) is 18.9 Å². The molecule has 0 bridgehead atoms. The summed E-state index contributed by atoms with van der Waals surface area (Å²) in [5.41, 5.74) is -2.66. The fourth-order valence-electron chi connectivity index (χ4n) is 2.83. The maximum Gasteiger partial charge on any atom is 0.432 e. The Morgan fingerprint density at radius 1 is 1.50 bits per heavy atom. The van der Waals surface area contributed by atoms with Crippen LogP contribution >= 0.6 is 0 Å². The molecule has 1 aliphatic rings. The third-order valence-electron chi connectivity index (χ3n) is 4.20. The molecule has 1 saturated heterocycles. The molecule has 2 N–H and O–H groups in total. The van der Waals surface area contributed by atoms with Gasteiger partial charge < -0.3 is 14.7 Å². The first-order chi connectivity index (χ1) is 11.2. The molecule has 0 saturated carbocycles. The molecule has 0 radical (unpaired) electrons. The molecule has 0 aromatic carbocycles. The highest BCUT2D eigenvalue weighted by Crippen LogP contribution is 2.35. The number of hydrogen-bond acceptors (Lipinski definition) is 4. The lowest BCUT2D eigenvalue weighted by Crippen LogP contribution is -2.50. The van der Waals surface area contributed by atoms with Gasteiger partial charge in [0.15, 0.2) is 5.69 Å². The molecule has 1 amide bonds. The Hall–Kier alpha value is -2.10. The number of halogens is 3. The highest BCUT2D eigenvalue weighted by molar-refractivity contribution is 5.93. The molecule has 24 heavy (non-hydrogen) atoms. The summed E-state index contributed by atoms with van der Waals surface area (Å²) in [4.78, 5) is 25.3. The predicted octanol–water partition coefficient (Wildman–Crippen LogP) is 1.77. The number of amides is 1. The highest BCUT2D eigenvalue weighted by Gasteiger charge is 2.44. The van der Waals surface area contributed by atoms with Gasteiger partial charge >= 0.3 is 12.1 Å². The molecule has 1 aliphatic heterocycles. The summed E-state index contributed by atoms with van der Waals surface area (Å²) >= 11 is 0. The quantitative estimate of drug-likeness (QED) is 0.845. The molecule has 2 heterocycles. The number of likely N-dealkylation sites (tertiary alicyclic amines) is 1. The number of hydrogen-bond donors (Lipinski definition) is 2. The second-order valence-corrected chi connectivity index (χ2v) is 5.82. The molecule has 10 heteroatoms. The van der Waals surface area contributed by atoms with Crippen molar-refractivity contribution in [2.45, 2.75) is 25.4 Å². The zero-order valence-corrected chi connectivity index (χ0v) is 13.0. The SMILES string of the molecule is COCCC1(C(=O)O)CCCN(C(=O)c2cc(C(F)(F)F)[nH]n2)C1. The third-order valence-corrected chi connectivity index (χ3v) is 4.20. The van der Waals surface area contributed by atoms with Gasteiger partial charge in [0.25, 0.3) is 5.91 Å². The van der Waals surface area contributed by atoms with Gasteiger partial charge in [-0.2, -0.15) is 18.3 Å². The molecule has 134 valence electrons. The average molecular weight is 349 g/mol. The lowest BCUT2D eigenvalue weighted by Gasteiger charge is -2.39. The van der Waals surface area contributed by atoms with Crippen molar-refractivity contribution in [2.75, 3.05) is 26.8 Å². The van der Waals surface area contributed by atoms with Gasteiger partial charge in [-0.1, -0.05) is 0 Å². The van der Waals surface area contributed by atoms with Crippen molar-refractivity contribution in [3.05, 3.63) is 17.5 Å². The van der Waals surface area contributed by atoms with Crippen molar-refractivity contribution in [1.82, 2.24) is 15.1 Å². The average Bonchev–Trinajstić information content (AvgIpc) is 3.02. The van der Waals surface area contributed by atoms with Crippen LogP contribution < -0.4 is 0 Å². The van der Waals surface area contributed by atoms with Crippen molar-refractivity contribution in [1.29, 1.82) is 0 Å². The van der Waals surface area contributed by atoms with Crippen LogP contribution in [0.15, 0.2) is 6.07 Å². The number of nitrogens with zero attached hydrogens (tertiary/aromatic N) is 2. The van der Waals surface area contributed by atoms with E-state index in [1.165, 1.54) is 12.0 Å². The first-order valence-corrected chi connectivity index (χ1v) is 7.34. The van der Waals surface area contributed by atoms with E-state index >= 15 is 0 Å². The first kappa shape index (κ1) is 18.2. The topological polar surface area (TPSA) is 95.5 Å². The van der Waals surface area contributed by atoms with Crippen LogP contribution in [0.4, 0.5) is 13.2 Å². The Balaban J connectivity index is 2.17. The molecule has 2 rings (SSSR count). The number of carbonyl (C=O) groups excluding carboxylic acids is 1. The fraction of sp³-hybridized carbons (Fsp3) is 0.643. The van der Waals surface area contributed by atoms with Gasteiger partial charge in [-0.15, -0.1) is 0 Å². The summed E-state index contributed by atoms with van der Waals surface area (Å²) in [5.74, 6) is -1.76. The van der Waals surface area contributed by atoms with Crippen molar-refractivity contribution in [3.8, 4) is 0 Å². The zero-order valence-electron chi connectivity index (χ0n) is 13.0. The molecule has 1 aromatic heterocycles. The van der Waals surface area contributed by atoms with Crippen LogP contribution in [0.1, 0.15) is 35.4 Å². The van der Waals surface area contributed by atoms with Crippen LogP contribution in [0.5, 0.6) is 0 Å². The number of nitrogens with one attached hydrogen (secondary N) is 1. The maximum atomic E-state index is 12.6. The second kappa shape index (κ2) is 6.80. The molecule has 0 aliphatic carbocycles. The zero-order chi connectivity index (χ0) is 18.0. The van der Waals surface area contributed by atoms with E-state index in [-0.39, 0.29) is 31.8 Å². The molecule has 1 aromatic rings. The van der Waals surface area contributed by atoms with Crippen LogP contribution in [-0.2, 0) is 15.7 Å². The third kappa shape index (κ3) is 3.69. The number of H-pyrrole nitrogens is 1. The van der Waals surface area contributed by atoms with Gasteiger partial charge in [-0.3, -0.25) is 14.7 Å². The fourth-order valence-corrected chi connectivity index (χ4v) is 2.83. The van der Waals surface area contributed by atoms with E-state index in [2.05, 4.69) is 5.10 Å². The van der Waals surface area contributed by atoms with Gasteiger partial charge in [-0.05, 0) is 19.3 Å². The number of alkyl halides is 3. The van der Waals surface area contributed by atoms with Gasteiger partial charge in [-0.25, -0.2) is 0 Å². The van der Waals surface area contributed by atoms with Crippen LogP contribution in [0.3, 0.4) is 0 Å². The van der Waals surface area contributed by atoms with Gasteiger partial charge in [0, 0.05) is 32.9 Å². The van der Waals surface area contributed by atoms with Crippen LogP contribution in [0.2, 0.25) is 0 Å². The Morgan fingerprint density at radius 3 is 2.75 bits per heavy atom. The Morgan fingerprint density at radius 2 is 2.21 bits per heavy atom. The summed E-state index contributed by atoms with van der Waals surface area (Å²) < 4.78 is 42.7. The van der Waals surface area contributed by atoms with E-state index < -0.39 is 29.2 Å². The van der Waals surface area contributed by atoms with E-state index in [4.69, 9.17) is 4.74 Å². The molecule has 0 spiro atoms. The number of ether oxygens (including phenoxy) is 1. The monoisotopic (exact) mass is 349 g/mol. The van der Waals surface area contributed by atoms with Crippen LogP contribution in [0.25, 0.3) is 0 Å². The standard InChI is InChI=1S/C14H18F3N3O4/c1-24-6-4-13(12(22)23)3-2-5-20(8-13)11(21)9-7-10(19-18-9)14(15,16)17/h7H,2-6,8H2,1H3,(H,18,19)(H,22,23). The molecule has 1 fully saturated rings. The van der Waals surface area contributed by atoms with E-state index in [1.54, 1.807) is 5.10 Å². The summed E-state index contributed by atoms with van der Waals surface area (Å²) in [6, 6.07) is 0.633. The predicted molar refractivity (Wildman–Crippen MR) is 75.3 cm³/mol. The number of piperidine rings is 1. The number of carbonyl (C=O) groups is 2. The van der Waals surface area contributed by atoms with Crippen molar-refractivity contribution in [2.24, 2.45) is 5.41 Å². The lowest BCUT2D eigenvalue weighted by atomic mass is 9.77. The Labute approximate surface area is 135 Å².